The number of rotatable bonds is 0. The second-order valence-electron chi connectivity index (χ2n) is 3.42. The molecule has 0 aliphatic carbocycles. The number of hydrogen-bond acceptors (Lipinski definition) is 2. The summed E-state index contributed by atoms with van der Waals surface area (Å²) in [5, 5.41) is 5.83. The molecule has 1 unspecified atom stereocenters. The lowest BCUT2D eigenvalue weighted by molar-refractivity contribution is -0.161. The maximum absolute atomic E-state index is 13.0. The van der Waals surface area contributed by atoms with Gasteiger partial charge in [-0.1, -0.05) is 0 Å². The Bertz CT molecular complexity index is 172. The molecule has 0 aromatic carbocycles. The van der Waals surface area contributed by atoms with Crippen molar-refractivity contribution in [2.24, 2.45) is 0 Å². The third-order valence-corrected chi connectivity index (χ3v) is 2.73. The summed E-state index contributed by atoms with van der Waals surface area (Å²) in [7, 11) is 0. The lowest BCUT2D eigenvalue weighted by Gasteiger charge is -2.52. The van der Waals surface area contributed by atoms with Crippen LogP contribution < -0.4 is 10.6 Å². The molecular weight excluding hydrogens is 221 g/mol. The van der Waals surface area contributed by atoms with Crippen molar-refractivity contribution in [3.8, 4) is 0 Å². The van der Waals surface area contributed by atoms with E-state index in [-0.39, 0.29) is 31.4 Å². The quantitative estimate of drug-likeness (QED) is 0.659. The Labute approximate surface area is 88.7 Å². The Balaban J connectivity index is 0.000000720. The van der Waals surface area contributed by atoms with Gasteiger partial charge in [0.1, 0.15) is 0 Å². The van der Waals surface area contributed by atoms with Gasteiger partial charge in [0.15, 0.2) is 0 Å². The largest absolute Gasteiger partial charge is 0.315 e. The average Bonchev–Trinajstić information content (AvgIpc) is 2.04. The van der Waals surface area contributed by atoms with Gasteiger partial charge in [0.05, 0.1) is 12.1 Å². The van der Waals surface area contributed by atoms with Crippen molar-refractivity contribution >= 4 is 24.8 Å². The summed E-state index contributed by atoms with van der Waals surface area (Å²) in [5.41, 5.74) is -0.898. The van der Waals surface area contributed by atoms with Crippen molar-refractivity contribution in [3.05, 3.63) is 0 Å². The van der Waals surface area contributed by atoms with Crippen molar-refractivity contribution in [2.75, 3.05) is 19.6 Å². The predicted molar refractivity (Wildman–Crippen MR) is 52.3 cm³/mol. The summed E-state index contributed by atoms with van der Waals surface area (Å²) >= 11 is 0. The Morgan fingerprint density at radius 3 is 2.00 bits per heavy atom. The molecule has 2 heterocycles. The molecule has 0 aromatic heterocycles. The third kappa shape index (κ3) is 1.91. The molecule has 80 valence electrons. The molecule has 2 N–H and O–H groups in total. The maximum Gasteiger partial charge on any atom is 0.279 e. The van der Waals surface area contributed by atoms with Gasteiger partial charge in [0.25, 0.3) is 5.92 Å². The van der Waals surface area contributed by atoms with E-state index in [0.717, 1.165) is 13.0 Å². The molecule has 2 fully saturated rings. The van der Waals surface area contributed by atoms with Crippen molar-refractivity contribution in [1.82, 2.24) is 10.6 Å². The van der Waals surface area contributed by atoms with Crippen LogP contribution >= 0.6 is 24.8 Å². The highest BCUT2D eigenvalue weighted by molar-refractivity contribution is 5.85. The van der Waals surface area contributed by atoms with Crippen LogP contribution in [0.5, 0.6) is 0 Å². The van der Waals surface area contributed by atoms with Gasteiger partial charge in [-0.15, -0.1) is 24.8 Å². The number of nitrogens with one attached hydrogen (secondary N) is 2. The third-order valence-electron chi connectivity index (χ3n) is 2.73. The van der Waals surface area contributed by atoms with Gasteiger partial charge in [-0.2, -0.15) is 0 Å². The van der Waals surface area contributed by atoms with E-state index in [9.17, 15) is 8.78 Å². The predicted octanol–water partition coefficient (Wildman–Crippen LogP) is 1.19. The van der Waals surface area contributed by atoms with Gasteiger partial charge < -0.3 is 5.32 Å². The minimum atomic E-state index is -2.49. The molecule has 0 amide bonds. The van der Waals surface area contributed by atoms with Crippen LogP contribution in [0.15, 0.2) is 0 Å². The highest BCUT2D eigenvalue weighted by Crippen LogP contribution is 2.40. The summed E-state index contributed by atoms with van der Waals surface area (Å²) in [5.74, 6) is -2.49. The van der Waals surface area contributed by atoms with E-state index in [4.69, 9.17) is 0 Å². The van der Waals surface area contributed by atoms with Crippen LogP contribution in [-0.4, -0.2) is 31.1 Å². The second kappa shape index (κ2) is 4.26. The Morgan fingerprint density at radius 1 is 1.08 bits per heavy atom. The summed E-state index contributed by atoms with van der Waals surface area (Å²) in [6.07, 6.45) is 1.45. The first-order valence-electron chi connectivity index (χ1n) is 4.00. The van der Waals surface area contributed by atoms with Crippen LogP contribution in [0.4, 0.5) is 8.78 Å². The van der Waals surface area contributed by atoms with Gasteiger partial charge in [0, 0.05) is 6.54 Å². The first-order chi connectivity index (χ1) is 5.16. The molecule has 0 aromatic rings. The van der Waals surface area contributed by atoms with E-state index >= 15 is 0 Å². The maximum atomic E-state index is 13.0. The molecule has 1 spiro atoms. The molecule has 13 heavy (non-hydrogen) atoms. The molecule has 0 saturated carbocycles. The molecule has 0 bridgehead atoms. The molecule has 1 atom stereocenters. The molecule has 2 aliphatic heterocycles. The zero-order valence-corrected chi connectivity index (χ0v) is 8.74. The Hall–Kier alpha value is 0.360. The van der Waals surface area contributed by atoms with Crippen LogP contribution in [0.1, 0.15) is 12.8 Å². The highest BCUT2D eigenvalue weighted by Gasteiger charge is 2.61. The zero-order valence-electron chi connectivity index (χ0n) is 7.11. The van der Waals surface area contributed by atoms with Crippen molar-refractivity contribution < 1.29 is 8.78 Å². The lowest BCUT2D eigenvalue weighted by atomic mass is 9.77. The number of halogens is 4. The smallest absolute Gasteiger partial charge is 0.279 e. The lowest BCUT2D eigenvalue weighted by Crippen LogP contribution is -2.78. The minimum Gasteiger partial charge on any atom is -0.315 e. The van der Waals surface area contributed by atoms with Crippen LogP contribution in [0.3, 0.4) is 0 Å². The topological polar surface area (TPSA) is 24.1 Å². The van der Waals surface area contributed by atoms with Crippen LogP contribution in [0.2, 0.25) is 0 Å². The van der Waals surface area contributed by atoms with Gasteiger partial charge >= 0.3 is 0 Å². The van der Waals surface area contributed by atoms with Crippen molar-refractivity contribution in [1.29, 1.82) is 0 Å². The number of piperidine rings is 1. The number of hydrogen-bond donors (Lipinski definition) is 2. The standard InChI is InChI=1S/C7H12F2N2.2ClH/c8-7(9)5-11-6(7)2-1-3-10-4-6;;/h10-11H,1-5H2;2*1H. The van der Waals surface area contributed by atoms with E-state index in [1.807, 2.05) is 0 Å². The van der Waals surface area contributed by atoms with Gasteiger partial charge in [-0.25, -0.2) is 8.78 Å². The summed E-state index contributed by atoms with van der Waals surface area (Å²) < 4.78 is 26.0. The highest BCUT2D eigenvalue weighted by atomic mass is 35.5. The van der Waals surface area contributed by atoms with E-state index < -0.39 is 11.5 Å². The molecule has 2 aliphatic rings. The molecule has 6 heteroatoms. The first-order valence-corrected chi connectivity index (χ1v) is 4.00. The van der Waals surface area contributed by atoms with Crippen LogP contribution in [-0.2, 0) is 0 Å². The van der Waals surface area contributed by atoms with E-state index in [1.54, 1.807) is 0 Å². The normalized spacial score (nSPS) is 35.5. The van der Waals surface area contributed by atoms with Crippen molar-refractivity contribution in [2.45, 2.75) is 24.3 Å². The molecule has 2 saturated heterocycles. The SMILES string of the molecule is Cl.Cl.FC1(F)CNC12CCCNC2. The Kier molecular flexibility index (Phi) is 4.37. The summed E-state index contributed by atoms with van der Waals surface area (Å²) in [6, 6.07) is 0. The molecule has 2 nitrogen and oxygen atoms in total. The number of alkyl halides is 2. The van der Waals surface area contributed by atoms with E-state index in [2.05, 4.69) is 10.6 Å². The van der Waals surface area contributed by atoms with Gasteiger partial charge in [-0.05, 0) is 19.4 Å². The average molecular weight is 235 g/mol. The van der Waals surface area contributed by atoms with Crippen LogP contribution in [0.25, 0.3) is 0 Å². The molecule has 2 rings (SSSR count). The van der Waals surface area contributed by atoms with Crippen molar-refractivity contribution in [3.63, 3.8) is 0 Å². The minimum absolute atomic E-state index is 0. The molecule has 0 radical (unpaired) electrons. The van der Waals surface area contributed by atoms with Gasteiger partial charge in [0.2, 0.25) is 0 Å². The molecular formula is C7H14Cl2F2N2. The van der Waals surface area contributed by atoms with E-state index in [1.165, 1.54) is 0 Å². The summed E-state index contributed by atoms with van der Waals surface area (Å²) in [4.78, 5) is 0. The van der Waals surface area contributed by atoms with E-state index in [0.29, 0.717) is 13.0 Å². The fraction of sp³-hybridized carbons (Fsp3) is 1.00. The van der Waals surface area contributed by atoms with Gasteiger partial charge in [-0.3, -0.25) is 5.32 Å². The van der Waals surface area contributed by atoms with Crippen LogP contribution in [0, 0.1) is 0 Å². The fourth-order valence-electron chi connectivity index (χ4n) is 1.84. The Morgan fingerprint density at radius 2 is 1.77 bits per heavy atom. The monoisotopic (exact) mass is 234 g/mol. The fourth-order valence-corrected chi connectivity index (χ4v) is 1.84. The summed E-state index contributed by atoms with van der Waals surface area (Å²) in [6.45, 7) is 1.15. The second-order valence-corrected chi connectivity index (χ2v) is 3.42. The zero-order chi connectivity index (χ0) is 7.95. The first kappa shape index (κ1) is 13.4.